The summed E-state index contributed by atoms with van der Waals surface area (Å²) >= 11 is 2.25. The molecule has 2 aromatic rings. The molecular formula is C18H18IN3. The van der Waals surface area contributed by atoms with E-state index in [1.54, 1.807) is 0 Å². The minimum atomic E-state index is -0.0708. The molecule has 0 saturated carbocycles. The molecule has 2 unspecified atom stereocenters. The van der Waals surface area contributed by atoms with Gasteiger partial charge < -0.3 is 5.73 Å². The van der Waals surface area contributed by atoms with E-state index in [4.69, 9.17) is 16.3 Å². The summed E-state index contributed by atoms with van der Waals surface area (Å²) in [7, 11) is 0. The molecule has 0 amide bonds. The highest BCUT2D eigenvalue weighted by atomic mass is 127. The van der Waals surface area contributed by atoms with Crippen molar-refractivity contribution in [2.24, 2.45) is 0 Å². The number of hydrogen-bond donors (Lipinski definition) is 1. The molecule has 0 radical (unpaired) electrons. The highest BCUT2D eigenvalue weighted by molar-refractivity contribution is 14.1. The zero-order valence-corrected chi connectivity index (χ0v) is 14.8. The second kappa shape index (κ2) is 9.07. The number of nitrogen functional groups attached to an aromatic ring is 1. The van der Waals surface area contributed by atoms with Gasteiger partial charge in [0.2, 0.25) is 0 Å². The van der Waals surface area contributed by atoms with Crippen molar-refractivity contribution in [2.75, 3.05) is 5.73 Å². The number of benzene rings is 2. The van der Waals surface area contributed by atoms with Gasteiger partial charge >= 0.3 is 0 Å². The zero-order chi connectivity index (χ0) is 16.5. The molecule has 0 aromatic heterocycles. The fourth-order valence-electron chi connectivity index (χ4n) is 1.75. The van der Waals surface area contributed by atoms with Gasteiger partial charge in [0, 0.05) is 9.26 Å². The summed E-state index contributed by atoms with van der Waals surface area (Å²) in [5.41, 5.74) is 8.33. The van der Waals surface area contributed by atoms with E-state index in [2.05, 4.69) is 34.7 Å². The minimum absolute atomic E-state index is 0.00437. The normalized spacial score (nSPS) is 12.0. The van der Waals surface area contributed by atoms with Crippen LogP contribution < -0.4 is 5.73 Å². The first-order chi connectivity index (χ1) is 10.5. The molecule has 4 heteroatoms. The van der Waals surface area contributed by atoms with Crippen LogP contribution in [0, 0.1) is 26.2 Å². The highest BCUT2D eigenvalue weighted by Gasteiger charge is 2.02. The van der Waals surface area contributed by atoms with Gasteiger partial charge in [0.15, 0.2) is 0 Å². The van der Waals surface area contributed by atoms with Crippen LogP contribution in [0.4, 0.5) is 5.69 Å². The van der Waals surface area contributed by atoms with Crippen molar-refractivity contribution >= 4 is 28.3 Å². The van der Waals surface area contributed by atoms with E-state index >= 15 is 0 Å². The third-order valence-corrected chi connectivity index (χ3v) is 3.82. The Kier molecular flexibility index (Phi) is 7.42. The van der Waals surface area contributed by atoms with Gasteiger partial charge in [0.05, 0.1) is 24.0 Å². The topological polar surface area (TPSA) is 73.6 Å². The van der Waals surface area contributed by atoms with Crippen LogP contribution >= 0.6 is 22.6 Å². The second-order valence-corrected chi connectivity index (χ2v) is 6.17. The summed E-state index contributed by atoms with van der Waals surface area (Å²) in [5, 5.41) is 17.2. The monoisotopic (exact) mass is 403 g/mol. The fraction of sp³-hybridized carbons (Fsp3) is 0.222. The minimum Gasteiger partial charge on any atom is -0.399 e. The summed E-state index contributed by atoms with van der Waals surface area (Å²) in [4.78, 5) is 0. The Labute approximate surface area is 145 Å². The van der Waals surface area contributed by atoms with Gasteiger partial charge in [-0.2, -0.15) is 10.5 Å². The van der Waals surface area contributed by atoms with Gasteiger partial charge in [0.1, 0.15) is 0 Å². The van der Waals surface area contributed by atoms with E-state index in [1.807, 2.05) is 62.4 Å². The first-order valence-electron chi connectivity index (χ1n) is 6.88. The number of anilines is 1. The SMILES string of the molecule is CC(C#N)c1cccc(I)c1.CC(C#N)c1cccc(N)c1. The molecule has 2 rings (SSSR count). The molecule has 22 heavy (non-hydrogen) atoms. The molecule has 0 saturated heterocycles. The molecule has 0 heterocycles. The lowest BCUT2D eigenvalue weighted by atomic mass is 10.0. The molecule has 0 spiro atoms. The lowest BCUT2D eigenvalue weighted by Gasteiger charge is -2.02. The van der Waals surface area contributed by atoms with Crippen molar-refractivity contribution in [2.45, 2.75) is 25.7 Å². The molecule has 0 aliphatic rings. The van der Waals surface area contributed by atoms with Gasteiger partial charge in [-0.05, 0) is 71.8 Å². The van der Waals surface area contributed by atoms with Crippen LogP contribution in [0.5, 0.6) is 0 Å². The molecule has 0 aliphatic carbocycles. The number of hydrogen-bond acceptors (Lipinski definition) is 3. The van der Waals surface area contributed by atoms with E-state index in [1.165, 1.54) is 3.57 Å². The largest absolute Gasteiger partial charge is 0.399 e. The summed E-state index contributed by atoms with van der Waals surface area (Å²) in [6, 6.07) is 19.8. The van der Waals surface area contributed by atoms with Crippen LogP contribution in [0.15, 0.2) is 48.5 Å². The maximum atomic E-state index is 8.63. The average molecular weight is 403 g/mol. The molecule has 2 N–H and O–H groups in total. The van der Waals surface area contributed by atoms with E-state index in [-0.39, 0.29) is 11.8 Å². The standard InChI is InChI=1S/C9H8IN.C9H10N2/c1-7(6-11)8-3-2-4-9(10)5-8;1-7(6-10)8-3-2-4-9(11)5-8/h2-5,7H,1H3;2-5,7H,11H2,1H3. The van der Waals surface area contributed by atoms with E-state index in [0.717, 1.165) is 11.1 Å². The fourth-order valence-corrected chi connectivity index (χ4v) is 2.32. The van der Waals surface area contributed by atoms with Gasteiger partial charge in [-0.25, -0.2) is 0 Å². The number of nitrogens with two attached hydrogens (primary N) is 1. The van der Waals surface area contributed by atoms with Gasteiger partial charge in [-0.1, -0.05) is 24.3 Å². The molecule has 2 atom stereocenters. The van der Waals surface area contributed by atoms with Crippen molar-refractivity contribution in [3.05, 3.63) is 63.2 Å². The van der Waals surface area contributed by atoms with Crippen LogP contribution in [-0.2, 0) is 0 Å². The molecule has 0 aliphatic heterocycles. The number of nitrogens with zero attached hydrogens (tertiary/aromatic N) is 2. The maximum Gasteiger partial charge on any atom is 0.0700 e. The van der Waals surface area contributed by atoms with E-state index in [0.29, 0.717) is 5.69 Å². The van der Waals surface area contributed by atoms with Gasteiger partial charge in [-0.3, -0.25) is 0 Å². The number of halogens is 1. The van der Waals surface area contributed by atoms with Crippen LogP contribution in [0.2, 0.25) is 0 Å². The number of nitriles is 2. The molecule has 0 fully saturated rings. The Morgan fingerprint density at radius 1 is 0.909 bits per heavy atom. The zero-order valence-electron chi connectivity index (χ0n) is 12.6. The van der Waals surface area contributed by atoms with E-state index < -0.39 is 0 Å². The smallest absolute Gasteiger partial charge is 0.0700 e. The van der Waals surface area contributed by atoms with Crippen molar-refractivity contribution in [3.63, 3.8) is 0 Å². The first-order valence-corrected chi connectivity index (χ1v) is 7.96. The van der Waals surface area contributed by atoms with Crippen LogP contribution in [-0.4, -0.2) is 0 Å². The Hall–Kier alpha value is -2.05. The Balaban J connectivity index is 0.000000220. The quantitative estimate of drug-likeness (QED) is 0.578. The highest BCUT2D eigenvalue weighted by Crippen LogP contribution is 2.16. The lowest BCUT2D eigenvalue weighted by Crippen LogP contribution is -1.91. The van der Waals surface area contributed by atoms with Crippen LogP contribution in [0.1, 0.15) is 36.8 Å². The predicted molar refractivity (Wildman–Crippen MR) is 98.1 cm³/mol. The molecule has 3 nitrogen and oxygen atoms in total. The van der Waals surface area contributed by atoms with Crippen LogP contribution in [0.25, 0.3) is 0 Å². The van der Waals surface area contributed by atoms with Gasteiger partial charge in [-0.15, -0.1) is 0 Å². The number of rotatable bonds is 2. The third-order valence-electron chi connectivity index (χ3n) is 3.15. The third kappa shape index (κ3) is 5.75. The average Bonchev–Trinajstić information content (AvgIpc) is 2.54. The van der Waals surface area contributed by atoms with Crippen molar-refractivity contribution < 1.29 is 0 Å². The first kappa shape index (κ1) is 18.0. The Morgan fingerprint density at radius 3 is 1.86 bits per heavy atom. The summed E-state index contributed by atoms with van der Waals surface area (Å²) in [6.45, 7) is 3.76. The second-order valence-electron chi connectivity index (χ2n) is 4.93. The molecule has 2 aromatic carbocycles. The van der Waals surface area contributed by atoms with Crippen molar-refractivity contribution in [3.8, 4) is 12.1 Å². The van der Waals surface area contributed by atoms with E-state index in [9.17, 15) is 0 Å². The maximum absolute atomic E-state index is 8.63. The molecular weight excluding hydrogens is 385 g/mol. The van der Waals surface area contributed by atoms with Crippen LogP contribution in [0.3, 0.4) is 0 Å². The summed E-state index contributed by atoms with van der Waals surface area (Å²) in [6.07, 6.45) is 0. The summed E-state index contributed by atoms with van der Waals surface area (Å²) < 4.78 is 1.18. The Bertz CT molecular complexity index is 636. The van der Waals surface area contributed by atoms with Crippen molar-refractivity contribution in [1.29, 1.82) is 10.5 Å². The summed E-state index contributed by atoms with van der Waals surface area (Å²) in [5.74, 6) is -0.0665. The Morgan fingerprint density at radius 2 is 1.41 bits per heavy atom. The molecule has 112 valence electrons. The van der Waals surface area contributed by atoms with Crippen molar-refractivity contribution in [1.82, 2.24) is 0 Å². The van der Waals surface area contributed by atoms with Gasteiger partial charge in [0.25, 0.3) is 0 Å². The predicted octanol–water partition coefficient (Wildman–Crippen LogP) is 4.81. The lowest BCUT2D eigenvalue weighted by molar-refractivity contribution is 0.980. The molecule has 0 bridgehead atoms.